The van der Waals surface area contributed by atoms with Crippen molar-refractivity contribution >= 4 is 17.6 Å². The summed E-state index contributed by atoms with van der Waals surface area (Å²) in [6.07, 6.45) is 4.75. The number of hydrogen-bond acceptors (Lipinski definition) is 3. The van der Waals surface area contributed by atoms with E-state index in [1.54, 1.807) is 24.3 Å². The summed E-state index contributed by atoms with van der Waals surface area (Å²) in [7, 11) is 1.35. The van der Waals surface area contributed by atoms with E-state index in [2.05, 4.69) is 10.1 Å². The topological polar surface area (TPSA) is 55.4 Å². The molecule has 1 N–H and O–H groups in total. The molecule has 2 fully saturated rings. The fourth-order valence-corrected chi connectivity index (χ4v) is 3.61. The molecule has 1 aromatic rings. The summed E-state index contributed by atoms with van der Waals surface area (Å²) >= 11 is 0. The van der Waals surface area contributed by atoms with Crippen molar-refractivity contribution in [3.05, 3.63) is 29.8 Å². The molecule has 4 heteroatoms. The molecular formula is C16H19NO3. The summed E-state index contributed by atoms with van der Waals surface area (Å²) in [6, 6.07) is 6.83. The molecule has 4 nitrogen and oxygen atoms in total. The maximum atomic E-state index is 12.3. The fourth-order valence-electron chi connectivity index (χ4n) is 3.61. The van der Waals surface area contributed by atoms with Crippen LogP contribution in [-0.4, -0.2) is 19.0 Å². The Morgan fingerprint density at radius 3 is 2.45 bits per heavy atom. The van der Waals surface area contributed by atoms with Gasteiger partial charge >= 0.3 is 5.97 Å². The van der Waals surface area contributed by atoms with Crippen LogP contribution >= 0.6 is 0 Å². The van der Waals surface area contributed by atoms with Gasteiger partial charge in [0, 0.05) is 11.6 Å². The van der Waals surface area contributed by atoms with Crippen LogP contribution in [0.3, 0.4) is 0 Å². The van der Waals surface area contributed by atoms with E-state index in [9.17, 15) is 9.59 Å². The van der Waals surface area contributed by atoms with Crippen molar-refractivity contribution in [1.82, 2.24) is 0 Å². The van der Waals surface area contributed by atoms with Gasteiger partial charge < -0.3 is 10.1 Å². The number of methoxy groups -OCH3 is 1. The molecule has 2 aliphatic rings. The van der Waals surface area contributed by atoms with Crippen molar-refractivity contribution < 1.29 is 14.3 Å². The molecule has 1 amide bonds. The summed E-state index contributed by atoms with van der Waals surface area (Å²) in [6.45, 7) is 0. The van der Waals surface area contributed by atoms with E-state index in [1.165, 1.54) is 26.4 Å². The predicted octanol–water partition coefficient (Wildman–Crippen LogP) is 2.85. The minimum atomic E-state index is -0.365. The number of carbonyl (C=O) groups excluding carboxylic acids is 2. The summed E-state index contributed by atoms with van der Waals surface area (Å²) in [4.78, 5) is 23.6. The highest BCUT2D eigenvalue weighted by Crippen LogP contribution is 2.48. The lowest BCUT2D eigenvalue weighted by atomic mass is 9.88. The van der Waals surface area contributed by atoms with Gasteiger partial charge in [-0.25, -0.2) is 4.79 Å². The molecule has 0 aromatic heterocycles. The molecule has 2 aliphatic carbocycles. The Hall–Kier alpha value is -1.84. The van der Waals surface area contributed by atoms with E-state index < -0.39 is 0 Å². The normalized spacial score (nSPS) is 27.4. The molecule has 0 saturated heterocycles. The zero-order valence-electron chi connectivity index (χ0n) is 11.6. The van der Waals surface area contributed by atoms with Gasteiger partial charge in [-0.2, -0.15) is 0 Å². The molecule has 0 aliphatic heterocycles. The lowest BCUT2D eigenvalue weighted by molar-refractivity contribution is -0.121. The van der Waals surface area contributed by atoms with Crippen molar-refractivity contribution in [3.8, 4) is 0 Å². The number of benzene rings is 1. The van der Waals surface area contributed by atoms with E-state index in [0.29, 0.717) is 11.5 Å². The largest absolute Gasteiger partial charge is 0.465 e. The van der Waals surface area contributed by atoms with Gasteiger partial charge in [-0.1, -0.05) is 6.42 Å². The highest BCUT2D eigenvalue weighted by Gasteiger charge is 2.42. The molecule has 0 heterocycles. The smallest absolute Gasteiger partial charge is 0.337 e. The minimum absolute atomic E-state index is 0.128. The molecule has 0 spiro atoms. The van der Waals surface area contributed by atoms with Crippen LogP contribution in [0.2, 0.25) is 0 Å². The average Bonchev–Trinajstić information content (AvgIpc) is 3.10. The third-order valence-electron chi connectivity index (χ3n) is 4.65. The maximum absolute atomic E-state index is 12.3. The van der Waals surface area contributed by atoms with E-state index >= 15 is 0 Å². The Morgan fingerprint density at radius 1 is 1.15 bits per heavy atom. The van der Waals surface area contributed by atoms with Crippen molar-refractivity contribution in [2.24, 2.45) is 17.8 Å². The van der Waals surface area contributed by atoms with Gasteiger partial charge in [0.2, 0.25) is 5.91 Å². The van der Waals surface area contributed by atoms with Gasteiger partial charge in [0.05, 0.1) is 12.7 Å². The van der Waals surface area contributed by atoms with Crippen molar-refractivity contribution in [3.63, 3.8) is 0 Å². The van der Waals surface area contributed by atoms with E-state index in [4.69, 9.17) is 0 Å². The monoisotopic (exact) mass is 273 g/mol. The van der Waals surface area contributed by atoms with Crippen LogP contribution in [0.5, 0.6) is 0 Å². The van der Waals surface area contributed by atoms with E-state index in [1.807, 2.05) is 0 Å². The van der Waals surface area contributed by atoms with Gasteiger partial charge in [-0.05, 0) is 55.4 Å². The predicted molar refractivity (Wildman–Crippen MR) is 75.3 cm³/mol. The zero-order valence-corrected chi connectivity index (χ0v) is 11.6. The first kappa shape index (κ1) is 13.2. The molecule has 3 atom stereocenters. The molecule has 1 aromatic carbocycles. The number of hydrogen-bond donors (Lipinski definition) is 1. The van der Waals surface area contributed by atoms with Crippen LogP contribution < -0.4 is 5.32 Å². The van der Waals surface area contributed by atoms with Crippen molar-refractivity contribution in [2.45, 2.75) is 25.7 Å². The number of anilines is 1. The highest BCUT2D eigenvalue weighted by atomic mass is 16.5. The van der Waals surface area contributed by atoms with Crippen LogP contribution in [-0.2, 0) is 9.53 Å². The third-order valence-corrected chi connectivity index (χ3v) is 4.65. The van der Waals surface area contributed by atoms with Crippen LogP contribution in [0.25, 0.3) is 0 Å². The Bertz CT molecular complexity index is 523. The lowest BCUT2D eigenvalue weighted by Gasteiger charge is -2.20. The van der Waals surface area contributed by atoms with Crippen LogP contribution in [0.15, 0.2) is 24.3 Å². The van der Waals surface area contributed by atoms with Crippen molar-refractivity contribution in [2.75, 3.05) is 12.4 Å². The first-order valence-electron chi connectivity index (χ1n) is 7.16. The average molecular weight is 273 g/mol. The summed E-state index contributed by atoms with van der Waals surface area (Å²) in [5.74, 6) is 1.28. The SMILES string of the molecule is COC(=O)c1ccc(NC(=O)[C@@H]2C[C@@H]3CC[C@@H]2C3)cc1. The second-order valence-corrected chi connectivity index (χ2v) is 5.84. The fraction of sp³-hybridized carbons (Fsp3) is 0.500. The number of ether oxygens (including phenoxy) is 1. The maximum Gasteiger partial charge on any atom is 0.337 e. The Labute approximate surface area is 118 Å². The lowest BCUT2D eigenvalue weighted by Crippen LogP contribution is -2.27. The number of esters is 1. The molecular weight excluding hydrogens is 254 g/mol. The minimum Gasteiger partial charge on any atom is -0.465 e. The van der Waals surface area contributed by atoms with Crippen LogP contribution in [0.4, 0.5) is 5.69 Å². The molecule has 3 rings (SSSR count). The quantitative estimate of drug-likeness (QED) is 0.862. The van der Waals surface area contributed by atoms with Gasteiger partial charge in [0.15, 0.2) is 0 Å². The number of amides is 1. The first-order chi connectivity index (χ1) is 9.67. The highest BCUT2D eigenvalue weighted by molar-refractivity contribution is 5.94. The number of carbonyl (C=O) groups is 2. The van der Waals surface area contributed by atoms with Gasteiger partial charge in [0.25, 0.3) is 0 Å². The van der Waals surface area contributed by atoms with Gasteiger partial charge in [-0.15, -0.1) is 0 Å². The summed E-state index contributed by atoms with van der Waals surface area (Å²) in [5.41, 5.74) is 1.23. The molecule has 20 heavy (non-hydrogen) atoms. The van der Waals surface area contributed by atoms with Crippen LogP contribution in [0.1, 0.15) is 36.0 Å². The Balaban J connectivity index is 1.63. The second kappa shape index (κ2) is 5.27. The molecule has 106 valence electrons. The van der Waals surface area contributed by atoms with E-state index in [-0.39, 0.29) is 17.8 Å². The van der Waals surface area contributed by atoms with E-state index in [0.717, 1.165) is 18.0 Å². The van der Waals surface area contributed by atoms with Gasteiger partial charge in [-0.3, -0.25) is 4.79 Å². The Kier molecular flexibility index (Phi) is 3.47. The third kappa shape index (κ3) is 2.42. The first-order valence-corrected chi connectivity index (χ1v) is 7.16. The molecule has 0 unspecified atom stereocenters. The molecule has 0 radical (unpaired) electrons. The number of nitrogens with one attached hydrogen (secondary N) is 1. The molecule has 2 bridgehead atoms. The molecule has 2 saturated carbocycles. The second-order valence-electron chi connectivity index (χ2n) is 5.84. The summed E-state index contributed by atoms with van der Waals surface area (Å²) < 4.78 is 4.65. The van der Waals surface area contributed by atoms with Gasteiger partial charge in [0.1, 0.15) is 0 Å². The standard InChI is InChI=1S/C16H19NO3/c1-20-16(19)11-4-6-13(7-5-11)17-15(18)14-9-10-2-3-12(14)8-10/h4-7,10,12,14H,2-3,8-9H2,1H3,(H,17,18)/t10-,12-,14-/m1/s1. The number of rotatable bonds is 3. The van der Waals surface area contributed by atoms with Crippen molar-refractivity contribution in [1.29, 1.82) is 0 Å². The van der Waals surface area contributed by atoms with Crippen LogP contribution in [0, 0.1) is 17.8 Å². The number of fused-ring (bicyclic) bond motifs is 2. The Morgan fingerprint density at radius 2 is 1.90 bits per heavy atom. The summed E-state index contributed by atoms with van der Waals surface area (Å²) in [5, 5.41) is 2.96. The zero-order chi connectivity index (χ0) is 14.1.